The van der Waals surface area contributed by atoms with Crippen LogP contribution < -0.4 is 11.1 Å². The van der Waals surface area contributed by atoms with Gasteiger partial charge in [0.1, 0.15) is 11.3 Å². The largest absolute Gasteiger partial charge is 0.418 e. The van der Waals surface area contributed by atoms with Crippen molar-refractivity contribution in [2.45, 2.75) is 97.2 Å². The van der Waals surface area contributed by atoms with Crippen LogP contribution in [-0.2, 0) is 33.4 Å². The zero-order chi connectivity index (χ0) is 34.7. The number of H-pyrrole nitrogens is 1. The van der Waals surface area contributed by atoms with Crippen molar-refractivity contribution in [3.05, 3.63) is 70.9 Å². The number of ketones is 2. The third-order valence-corrected chi connectivity index (χ3v) is 10.8. The molecule has 6 atom stereocenters. The fourth-order valence-electron chi connectivity index (χ4n) is 6.87. The lowest BCUT2D eigenvalue weighted by molar-refractivity contribution is -0.137. The summed E-state index contributed by atoms with van der Waals surface area (Å²) >= 11 is 5.36. The zero-order valence-electron chi connectivity index (χ0n) is 27.8. The van der Waals surface area contributed by atoms with Crippen molar-refractivity contribution in [1.82, 2.24) is 10.3 Å². The van der Waals surface area contributed by atoms with Gasteiger partial charge < -0.3 is 16.0 Å². The van der Waals surface area contributed by atoms with Crippen LogP contribution in [0.5, 0.6) is 0 Å². The number of hydrogen-bond donors (Lipinski definition) is 3. The van der Waals surface area contributed by atoms with Crippen LogP contribution in [0, 0.1) is 23.7 Å². The minimum atomic E-state index is -4.57. The van der Waals surface area contributed by atoms with E-state index in [9.17, 15) is 27.6 Å². The van der Waals surface area contributed by atoms with E-state index in [-0.39, 0.29) is 66.0 Å². The maximum Gasteiger partial charge on any atom is 0.418 e. The highest BCUT2D eigenvalue weighted by molar-refractivity contribution is 7.80. The number of halogens is 3. The second-order valence-electron chi connectivity index (χ2n) is 13.4. The molecule has 0 spiro atoms. The molecule has 0 radical (unpaired) electrons. The molecule has 1 aliphatic carbocycles. The van der Waals surface area contributed by atoms with Crippen LogP contribution >= 0.6 is 12.2 Å². The maximum absolute atomic E-state index is 14.5. The van der Waals surface area contributed by atoms with E-state index < -0.39 is 40.9 Å². The number of carbonyl (C=O) groups is 3. The average molecular weight is 670 g/mol. The number of thiocarbonyl (C=S) groups is 1. The molecule has 0 saturated heterocycles. The van der Waals surface area contributed by atoms with Gasteiger partial charge in [-0.2, -0.15) is 13.2 Å². The van der Waals surface area contributed by atoms with Crippen LogP contribution in [0.25, 0.3) is 10.9 Å². The third kappa shape index (κ3) is 7.79. The number of carbonyl (C=O) groups excluding carboxylic acids is 3. The topological polar surface area (TPSA) is 105 Å². The van der Waals surface area contributed by atoms with Gasteiger partial charge in [-0.05, 0) is 41.9 Å². The smallest absolute Gasteiger partial charge is 0.393 e. The second-order valence-corrected chi connectivity index (χ2v) is 13.8. The Balaban J connectivity index is 1.74. The lowest BCUT2D eigenvalue weighted by Gasteiger charge is -2.39. The number of alkyl halides is 3. The van der Waals surface area contributed by atoms with Crippen molar-refractivity contribution in [2.24, 2.45) is 29.4 Å². The van der Waals surface area contributed by atoms with E-state index in [0.29, 0.717) is 23.1 Å². The van der Waals surface area contributed by atoms with Crippen molar-refractivity contribution in [3.63, 3.8) is 0 Å². The second kappa shape index (κ2) is 14.7. The van der Waals surface area contributed by atoms with Crippen molar-refractivity contribution >= 4 is 45.6 Å². The molecule has 6 nitrogen and oxygen atoms in total. The van der Waals surface area contributed by atoms with Crippen molar-refractivity contribution in [3.8, 4) is 0 Å². The number of benzene rings is 2. The molecule has 4 N–H and O–H groups in total. The van der Waals surface area contributed by atoms with Gasteiger partial charge in [-0.1, -0.05) is 102 Å². The number of hydrogen-bond acceptors (Lipinski definition) is 4. The predicted molar refractivity (Wildman–Crippen MR) is 183 cm³/mol. The molecule has 10 heteroatoms. The molecule has 3 aromatic rings. The Labute approximate surface area is 280 Å². The average Bonchev–Trinajstić information content (AvgIpc) is 3.42. The minimum Gasteiger partial charge on any atom is -0.393 e. The SMILES string of the molecule is CCC(C)[C@H](CC(=O)[C@@H](C)c1ccccc1)C(=O)N[C@]1(C(=O)C[C@H](C(N)=S)C(C)CC)CCc2[nH]c3c(C(F)(F)F)cccc3c2C1. The monoisotopic (exact) mass is 669 g/mol. The third-order valence-electron chi connectivity index (χ3n) is 10.5. The summed E-state index contributed by atoms with van der Waals surface area (Å²) in [5.74, 6) is -2.43. The van der Waals surface area contributed by atoms with E-state index >= 15 is 0 Å². The molecule has 1 aromatic heterocycles. The van der Waals surface area contributed by atoms with Gasteiger partial charge in [0.05, 0.1) is 16.1 Å². The molecule has 47 heavy (non-hydrogen) atoms. The summed E-state index contributed by atoms with van der Waals surface area (Å²) in [6.07, 6.45) is -2.75. The van der Waals surface area contributed by atoms with Gasteiger partial charge in [0, 0.05) is 48.1 Å². The van der Waals surface area contributed by atoms with E-state index in [4.69, 9.17) is 18.0 Å². The normalized spacial score (nSPS) is 19.7. The molecule has 254 valence electrons. The molecule has 0 bridgehead atoms. The van der Waals surface area contributed by atoms with Gasteiger partial charge in [0.2, 0.25) is 5.91 Å². The Hall–Kier alpha value is -3.53. The van der Waals surface area contributed by atoms with Crippen LogP contribution in [-0.4, -0.2) is 33.0 Å². The number of aromatic nitrogens is 1. The Kier molecular flexibility index (Phi) is 11.4. The summed E-state index contributed by atoms with van der Waals surface area (Å²) < 4.78 is 41.8. The highest BCUT2D eigenvalue weighted by atomic mass is 32.1. The Morgan fingerprint density at radius 1 is 0.957 bits per heavy atom. The summed E-state index contributed by atoms with van der Waals surface area (Å²) in [6.45, 7) is 9.65. The van der Waals surface area contributed by atoms with Crippen molar-refractivity contribution < 1.29 is 27.6 Å². The van der Waals surface area contributed by atoms with E-state index in [1.807, 2.05) is 65.0 Å². The predicted octanol–water partition coefficient (Wildman–Crippen LogP) is 7.86. The first kappa shape index (κ1) is 36.3. The van der Waals surface area contributed by atoms with Crippen molar-refractivity contribution in [1.29, 1.82) is 0 Å². The molecule has 1 aliphatic rings. The Morgan fingerprint density at radius 2 is 1.60 bits per heavy atom. The number of amides is 1. The first-order valence-electron chi connectivity index (χ1n) is 16.5. The van der Waals surface area contributed by atoms with Crippen LogP contribution in [0.15, 0.2) is 48.5 Å². The minimum absolute atomic E-state index is 0.00315. The van der Waals surface area contributed by atoms with E-state index in [1.54, 1.807) is 6.07 Å². The fourth-order valence-corrected chi connectivity index (χ4v) is 7.19. The first-order valence-corrected chi connectivity index (χ1v) is 17.0. The molecule has 0 saturated carbocycles. The molecule has 1 amide bonds. The maximum atomic E-state index is 14.5. The van der Waals surface area contributed by atoms with Gasteiger partial charge in [-0.15, -0.1) is 0 Å². The molecular weight excluding hydrogens is 623 g/mol. The van der Waals surface area contributed by atoms with Crippen LogP contribution in [0.2, 0.25) is 0 Å². The lowest BCUT2D eigenvalue weighted by atomic mass is 9.72. The number of nitrogens with one attached hydrogen (secondary N) is 2. The van der Waals surface area contributed by atoms with E-state index in [1.165, 1.54) is 6.07 Å². The van der Waals surface area contributed by atoms with E-state index in [2.05, 4.69) is 10.3 Å². The Morgan fingerprint density at radius 3 is 2.19 bits per heavy atom. The molecular formula is C37H46F3N3O3S. The summed E-state index contributed by atoms with van der Waals surface area (Å²) in [5, 5.41) is 3.49. The lowest BCUT2D eigenvalue weighted by Crippen LogP contribution is -2.60. The number of para-hydroxylation sites is 1. The first-order chi connectivity index (χ1) is 22.1. The van der Waals surface area contributed by atoms with Gasteiger partial charge >= 0.3 is 6.18 Å². The summed E-state index contributed by atoms with van der Waals surface area (Å²) in [4.78, 5) is 45.5. The number of aromatic amines is 1. The standard InChI is InChI=1S/C37H46F3N3O3S/c1-6-21(3)26(34(41)47)19-32(45)36(17-16-30-28(20-36)25-14-11-15-29(33(25)42-30)37(38,39)40)43-35(46)27(22(4)7-2)18-31(44)23(5)24-12-9-8-10-13-24/h8-15,21-23,26-27,42H,6-7,16-20H2,1-5H3,(H2,41,47)(H,43,46)/t21?,22?,23-,26-,27-,36+/m0/s1. The van der Waals surface area contributed by atoms with Gasteiger partial charge in [-0.3, -0.25) is 14.4 Å². The van der Waals surface area contributed by atoms with Crippen molar-refractivity contribution in [2.75, 3.05) is 0 Å². The quantitative estimate of drug-likeness (QED) is 0.152. The molecule has 0 fully saturated rings. The number of aryl methyl sites for hydroxylation is 1. The highest BCUT2D eigenvalue weighted by Gasteiger charge is 2.46. The Bertz CT molecular complexity index is 1620. The number of Topliss-reactive ketones (excluding diaryl/α,β-unsaturated/α-hetero) is 2. The number of rotatable bonds is 14. The molecule has 2 aromatic carbocycles. The van der Waals surface area contributed by atoms with Crippen LogP contribution in [0.1, 0.15) is 95.0 Å². The van der Waals surface area contributed by atoms with Gasteiger partial charge in [-0.25, -0.2) is 0 Å². The highest BCUT2D eigenvalue weighted by Crippen LogP contribution is 2.41. The molecule has 0 aliphatic heterocycles. The van der Waals surface area contributed by atoms with Crippen LogP contribution in [0.3, 0.4) is 0 Å². The van der Waals surface area contributed by atoms with Gasteiger partial charge in [0.15, 0.2) is 5.78 Å². The molecule has 2 unspecified atom stereocenters. The molecule has 4 rings (SSSR count). The summed E-state index contributed by atoms with van der Waals surface area (Å²) in [7, 11) is 0. The van der Waals surface area contributed by atoms with Crippen LogP contribution in [0.4, 0.5) is 13.2 Å². The number of fused-ring (bicyclic) bond motifs is 3. The zero-order valence-corrected chi connectivity index (χ0v) is 28.6. The van der Waals surface area contributed by atoms with Gasteiger partial charge in [0.25, 0.3) is 0 Å². The summed E-state index contributed by atoms with van der Waals surface area (Å²) in [6, 6.07) is 13.4. The van der Waals surface area contributed by atoms with E-state index in [0.717, 1.165) is 18.1 Å². The molecule has 1 heterocycles. The summed E-state index contributed by atoms with van der Waals surface area (Å²) in [5.41, 5.74) is 5.94. The fraction of sp³-hybridized carbons (Fsp3) is 0.514. The number of nitrogens with two attached hydrogens (primary N) is 1.